The highest BCUT2D eigenvalue weighted by Crippen LogP contribution is 2.45. The predicted molar refractivity (Wildman–Crippen MR) is 130 cm³/mol. The topological polar surface area (TPSA) is 88.5 Å². The second kappa shape index (κ2) is 10.8. The average Bonchev–Trinajstić information content (AvgIpc) is 3.07. The van der Waals surface area contributed by atoms with Gasteiger partial charge < -0.3 is 29.1 Å². The molecule has 0 aliphatic carbocycles. The van der Waals surface area contributed by atoms with E-state index in [0.717, 1.165) is 0 Å². The molecule has 1 atom stereocenters. The summed E-state index contributed by atoms with van der Waals surface area (Å²) in [6.07, 6.45) is 0. The maximum atomic E-state index is 13.2. The van der Waals surface area contributed by atoms with Gasteiger partial charge in [0.25, 0.3) is 11.7 Å². The number of hydrogen-bond acceptors (Lipinski definition) is 7. The second-order valence-corrected chi connectivity index (χ2v) is 8.36. The van der Waals surface area contributed by atoms with Crippen LogP contribution in [-0.2, 0) is 9.59 Å². The van der Waals surface area contributed by atoms with Crippen molar-refractivity contribution in [2.45, 2.75) is 13.0 Å². The van der Waals surface area contributed by atoms with Crippen LogP contribution in [0.3, 0.4) is 0 Å². The predicted octanol–water partition coefficient (Wildman–Crippen LogP) is 3.74. The summed E-state index contributed by atoms with van der Waals surface area (Å²) in [5.41, 5.74) is 0.778. The molecular weight excluding hydrogens is 460 g/mol. The number of carbonyl (C=O) groups excluding carboxylic acids is 2. The third-order valence-corrected chi connectivity index (χ3v) is 5.86. The van der Waals surface area contributed by atoms with Crippen molar-refractivity contribution in [1.29, 1.82) is 0 Å². The Morgan fingerprint density at radius 2 is 1.85 bits per heavy atom. The Balaban J connectivity index is 2.22. The Labute approximate surface area is 204 Å². The molecule has 9 heteroatoms. The average molecular weight is 489 g/mol. The van der Waals surface area contributed by atoms with Gasteiger partial charge in [0, 0.05) is 24.2 Å². The van der Waals surface area contributed by atoms with E-state index in [4.69, 9.17) is 25.8 Å². The molecular formula is C25H29ClN2O6. The lowest BCUT2D eigenvalue weighted by Crippen LogP contribution is -2.35. The lowest BCUT2D eigenvalue weighted by Gasteiger charge is -2.28. The molecule has 0 bridgehead atoms. The number of ketones is 1. The van der Waals surface area contributed by atoms with Gasteiger partial charge >= 0.3 is 0 Å². The maximum Gasteiger partial charge on any atom is 0.295 e. The first-order valence-corrected chi connectivity index (χ1v) is 11.2. The molecule has 1 unspecified atom stereocenters. The van der Waals surface area contributed by atoms with E-state index in [0.29, 0.717) is 41.5 Å². The molecule has 0 saturated carbocycles. The van der Waals surface area contributed by atoms with Crippen LogP contribution in [0.5, 0.6) is 17.2 Å². The molecule has 1 aliphatic heterocycles. The minimum atomic E-state index is -0.879. The largest absolute Gasteiger partial charge is 0.507 e. The van der Waals surface area contributed by atoms with Crippen molar-refractivity contribution in [2.75, 3.05) is 48.0 Å². The minimum Gasteiger partial charge on any atom is -0.507 e. The number of Topliss-reactive ketones (excluding diaryl/α,β-unsaturated/α-hetero) is 1. The van der Waals surface area contributed by atoms with E-state index >= 15 is 0 Å². The zero-order chi connectivity index (χ0) is 25.0. The van der Waals surface area contributed by atoms with Crippen molar-refractivity contribution in [3.63, 3.8) is 0 Å². The number of likely N-dealkylation sites (N-methyl/N-ethyl adjacent to an activating group) is 1. The molecule has 1 amide bonds. The molecule has 1 aliphatic rings. The number of carbonyl (C=O) groups is 2. The van der Waals surface area contributed by atoms with Gasteiger partial charge in [-0.05, 0) is 45.3 Å². The van der Waals surface area contributed by atoms with E-state index in [1.54, 1.807) is 30.3 Å². The van der Waals surface area contributed by atoms with Gasteiger partial charge in [0.1, 0.15) is 11.5 Å². The summed E-state index contributed by atoms with van der Waals surface area (Å²) in [4.78, 5) is 29.7. The van der Waals surface area contributed by atoms with Crippen molar-refractivity contribution in [2.24, 2.45) is 0 Å². The smallest absolute Gasteiger partial charge is 0.295 e. The van der Waals surface area contributed by atoms with Crippen LogP contribution < -0.4 is 14.2 Å². The van der Waals surface area contributed by atoms with Crippen molar-refractivity contribution >= 4 is 29.1 Å². The van der Waals surface area contributed by atoms with Gasteiger partial charge in [-0.15, -0.1) is 0 Å². The highest BCUT2D eigenvalue weighted by atomic mass is 35.5. The maximum absolute atomic E-state index is 13.2. The molecule has 1 heterocycles. The summed E-state index contributed by atoms with van der Waals surface area (Å²) >= 11 is 6.31. The van der Waals surface area contributed by atoms with Gasteiger partial charge in [-0.2, -0.15) is 0 Å². The van der Waals surface area contributed by atoms with Gasteiger partial charge in [0.05, 0.1) is 37.5 Å². The molecule has 2 aromatic rings. The van der Waals surface area contributed by atoms with Gasteiger partial charge in [0.2, 0.25) is 0 Å². The molecule has 0 aromatic heterocycles. The van der Waals surface area contributed by atoms with Crippen LogP contribution in [-0.4, -0.2) is 74.6 Å². The molecule has 1 fully saturated rings. The van der Waals surface area contributed by atoms with Crippen molar-refractivity contribution < 1.29 is 28.9 Å². The highest BCUT2D eigenvalue weighted by Gasteiger charge is 2.47. The van der Waals surface area contributed by atoms with Gasteiger partial charge in [-0.3, -0.25) is 9.59 Å². The molecule has 1 N–H and O–H groups in total. The fourth-order valence-corrected chi connectivity index (χ4v) is 4.18. The van der Waals surface area contributed by atoms with Crippen LogP contribution in [0.1, 0.15) is 24.1 Å². The first-order valence-electron chi connectivity index (χ1n) is 10.8. The quantitative estimate of drug-likeness (QED) is 0.327. The summed E-state index contributed by atoms with van der Waals surface area (Å²) in [6.45, 7) is 3.05. The highest BCUT2D eigenvalue weighted by molar-refractivity contribution is 6.46. The number of aliphatic hydroxyl groups is 1. The number of ether oxygens (including phenoxy) is 3. The van der Waals surface area contributed by atoms with Crippen LogP contribution in [0.25, 0.3) is 5.76 Å². The number of amides is 1. The SMILES string of the molecule is CCOc1ccc(/C(O)=C2/C(=O)C(=O)N(CCN(C)C)C2c2cccc(OC)c2OC)cc1Cl. The Morgan fingerprint density at radius 1 is 1.12 bits per heavy atom. The Bertz CT molecular complexity index is 1110. The normalized spacial score (nSPS) is 17.4. The van der Waals surface area contributed by atoms with Crippen molar-refractivity contribution in [3.05, 3.63) is 58.1 Å². The van der Waals surface area contributed by atoms with Crippen LogP contribution in [0.15, 0.2) is 42.0 Å². The number of hydrogen-bond donors (Lipinski definition) is 1. The molecule has 1 saturated heterocycles. The first kappa shape index (κ1) is 25.4. The van der Waals surface area contributed by atoms with Crippen LogP contribution in [0, 0.1) is 0 Å². The monoisotopic (exact) mass is 488 g/mol. The van der Waals surface area contributed by atoms with E-state index in [1.165, 1.54) is 25.2 Å². The second-order valence-electron chi connectivity index (χ2n) is 7.96. The van der Waals surface area contributed by atoms with E-state index in [2.05, 4.69) is 0 Å². The number of para-hydroxylation sites is 1. The van der Waals surface area contributed by atoms with Gasteiger partial charge in [0.15, 0.2) is 11.5 Å². The van der Waals surface area contributed by atoms with E-state index in [1.807, 2.05) is 25.9 Å². The molecule has 3 rings (SSSR count). The number of halogens is 1. The number of nitrogens with zero attached hydrogens (tertiary/aromatic N) is 2. The van der Waals surface area contributed by atoms with Crippen LogP contribution in [0.4, 0.5) is 0 Å². The number of likely N-dealkylation sites (tertiary alicyclic amines) is 1. The first-order chi connectivity index (χ1) is 16.2. The third kappa shape index (κ3) is 4.83. The molecule has 2 aromatic carbocycles. The number of methoxy groups -OCH3 is 2. The summed E-state index contributed by atoms with van der Waals surface area (Å²) < 4.78 is 16.5. The summed E-state index contributed by atoms with van der Waals surface area (Å²) in [6, 6.07) is 9.06. The van der Waals surface area contributed by atoms with Crippen molar-refractivity contribution in [3.8, 4) is 17.2 Å². The standard InChI is InChI=1S/C25H29ClN2O6/c1-6-34-18-11-10-15(14-17(18)26)22(29)20-21(16-8-7-9-19(32-4)24(16)33-5)28(13-12-27(2)3)25(31)23(20)30/h7-11,14,21,29H,6,12-13H2,1-5H3/b22-20-. The lowest BCUT2D eigenvalue weighted by molar-refractivity contribution is -0.140. The number of rotatable bonds is 9. The fraction of sp³-hybridized carbons (Fsp3) is 0.360. The minimum absolute atomic E-state index is 0.0458. The third-order valence-electron chi connectivity index (χ3n) is 5.56. The molecule has 0 radical (unpaired) electrons. The zero-order valence-electron chi connectivity index (χ0n) is 19.9. The molecule has 34 heavy (non-hydrogen) atoms. The van der Waals surface area contributed by atoms with E-state index in [-0.39, 0.29) is 22.9 Å². The molecule has 8 nitrogen and oxygen atoms in total. The summed E-state index contributed by atoms with van der Waals surface area (Å²) in [5.74, 6) is -0.528. The lowest BCUT2D eigenvalue weighted by atomic mass is 9.94. The number of benzene rings is 2. The fourth-order valence-electron chi connectivity index (χ4n) is 3.95. The molecule has 0 spiro atoms. The number of aliphatic hydroxyl groups excluding tert-OH is 1. The Kier molecular flexibility index (Phi) is 8.06. The summed E-state index contributed by atoms with van der Waals surface area (Å²) in [7, 11) is 6.74. The Morgan fingerprint density at radius 3 is 2.44 bits per heavy atom. The van der Waals surface area contributed by atoms with E-state index < -0.39 is 17.7 Å². The van der Waals surface area contributed by atoms with Gasteiger partial charge in [-0.1, -0.05) is 23.7 Å². The van der Waals surface area contributed by atoms with E-state index in [9.17, 15) is 14.7 Å². The van der Waals surface area contributed by atoms with Crippen LogP contribution in [0.2, 0.25) is 5.02 Å². The van der Waals surface area contributed by atoms with Crippen LogP contribution >= 0.6 is 11.6 Å². The Hall–Kier alpha value is -3.23. The molecule has 182 valence electrons. The summed E-state index contributed by atoms with van der Waals surface area (Å²) in [5, 5.41) is 11.5. The van der Waals surface area contributed by atoms with Gasteiger partial charge in [-0.25, -0.2) is 0 Å². The zero-order valence-corrected chi connectivity index (χ0v) is 20.7. The van der Waals surface area contributed by atoms with Crippen molar-refractivity contribution in [1.82, 2.24) is 9.80 Å².